The Morgan fingerprint density at radius 3 is 1.40 bits per heavy atom. The Morgan fingerprint density at radius 2 is 0.922 bits per heavy atom. The molecule has 1 fully saturated rings. The molecule has 14 atom stereocenters. The highest BCUT2D eigenvalue weighted by Crippen LogP contribution is 2.26. The predicted molar refractivity (Wildman–Crippen MR) is 345 cm³/mol. The minimum atomic E-state index is -1.65. The van der Waals surface area contributed by atoms with Crippen molar-refractivity contribution < 1.29 is 67.7 Å². The third-order valence-electron chi connectivity index (χ3n) is 17.0. The van der Waals surface area contributed by atoms with E-state index in [0.29, 0.717) is 0 Å². The maximum Gasteiger partial charge on any atom is 0.246 e. The molecule has 1 aliphatic heterocycles. The number of ether oxygens (including phenoxy) is 1. The number of aliphatic hydroxyl groups is 2. The first-order chi connectivity index (χ1) is 41.7. The number of carbonyl (C=O) groups is 11. The monoisotopic (exact) mass is 1270 g/mol. The number of allylic oxidation sites excluding steroid dienone is 2. The summed E-state index contributed by atoms with van der Waals surface area (Å²) >= 11 is 0. The van der Waals surface area contributed by atoms with Gasteiger partial charge in [-0.1, -0.05) is 107 Å². The number of rotatable bonds is 18. The van der Waals surface area contributed by atoms with Crippen molar-refractivity contribution in [2.75, 3.05) is 62.5 Å². The minimum absolute atomic E-state index is 0.0271. The van der Waals surface area contributed by atoms with E-state index >= 15 is 9.59 Å². The van der Waals surface area contributed by atoms with E-state index in [2.05, 4.69) is 21.3 Å². The maximum atomic E-state index is 15.2. The molecule has 514 valence electrons. The lowest BCUT2D eigenvalue weighted by atomic mass is 9.91. The van der Waals surface area contributed by atoms with E-state index in [9.17, 15) is 53.4 Å². The van der Waals surface area contributed by atoms with Crippen LogP contribution in [0.2, 0.25) is 0 Å². The van der Waals surface area contributed by atoms with Crippen LogP contribution >= 0.6 is 0 Å². The van der Waals surface area contributed by atoms with Gasteiger partial charge in [-0.25, -0.2) is 0 Å². The fourth-order valence-corrected chi connectivity index (χ4v) is 11.1. The van der Waals surface area contributed by atoms with Crippen LogP contribution in [0.3, 0.4) is 0 Å². The minimum Gasteiger partial charge on any atom is -0.392 e. The van der Waals surface area contributed by atoms with Crippen molar-refractivity contribution >= 4 is 65.0 Å². The van der Waals surface area contributed by atoms with E-state index in [4.69, 9.17) is 4.74 Å². The Hall–Kier alpha value is -6.47. The lowest BCUT2D eigenvalue weighted by Crippen LogP contribution is -2.64. The molecule has 1 aliphatic rings. The van der Waals surface area contributed by atoms with E-state index in [0.717, 1.165) is 14.7 Å². The van der Waals surface area contributed by atoms with Crippen molar-refractivity contribution in [3.63, 3.8) is 0 Å². The number of aliphatic hydroxyl groups excluding tert-OH is 2. The summed E-state index contributed by atoms with van der Waals surface area (Å²) in [4.78, 5) is 170. The Morgan fingerprint density at radius 1 is 0.467 bits per heavy atom. The quantitative estimate of drug-likeness (QED) is 0.108. The van der Waals surface area contributed by atoms with Gasteiger partial charge in [0.25, 0.3) is 0 Å². The molecule has 1 heterocycles. The highest BCUT2D eigenvalue weighted by molar-refractivity contribution is 6.00. The summed E-state index contributed by atoms with van der Waals surface area (Å²) in [6, 6.07) is -14.4. The Bertz CT molecular complexity index is 2490. The van der Waals surface area contributed by atoms with E-state index < -0.39 is 161 Å². The molecule has 11 amide bonds. The molecular formula is C65H115N11O14. The van der Waals surface area contributed by atoms with E-state index in [-0.39, 0.29) is 63.1 Å². The van der Waals surface area contributed by atoms with Gasteiger partial charge in [-0.2, -0.15) is 0 Å². The topological polar surface area (TPSA) is 308 Å². The zero-order valence-electron chi connectivity index (χ0n) is 58.7. The van der Waals surface area contributed by atoms with Crippen molar-refractivity contribution in [3.8, 4) is 0 Å². The summed E-state index contributed by atoms with van der Waals surface area (Å²) in [6.45, 7) is 28.4. The third kappa shape index (κ3) is 22.4. The molecule has 0 aromatic rings. The number of nitrogens with one attached hydrogen (secondary N) is 4. The van der Waals surface area contributed by atoms with Gasteiger partial charge in [-0.3, -0.25) is 52.7 Å². The van der Waals surface area contributed by atoms with Crippen LogP contribution in [0.4, 0.5) is 0 Å². The smallest absolute Gasteiger partial charge is 0.246 e. The second-order valence-corrected chi connectivity index (χ2v) is 26.5. The Balaban J connectivity index is 4.45. The van der Waals surface area contributed by atoms with Crippen LogP contribution in [-0.4, -0.2) is 251 Å². The number of nitrogens with zero attached hydrogens (tertiary/aromatic N) is 7. The lowest BCUT2D eigenvalue weighted by Gasteiger charge is -2.41. The van der Waals surface area contributed by atoms with Crippen LogP contribution in [0.15, 0.2) is 24.3 Å². The number of carbonyl (C=O) groups excluding carboxylic acids is 11. The van der Waals surface area contributed by atoms with Crippen LogP contribution in [0.1, 0.15) is 150 Å². The second kappa shape index (κ2) is 37.8. The molecule has 0 aromatic heterocycles. The van der Waals surface area contributed by atoms with E-state index in [1.165, 1.54) is 109 Å². The molecule has 90 heavy (non-hydrogen) atoms. The van der Waals surface area contributed by atoms with Gasteiger partial charge in [0, 0.05) is 49.3 Å². The molecule has 6 N–H and O–H groups in total. The SMILES string of the molecule is C/C=C/C[C@@H](C)[C@@H](O)[C@H]1C(=O)N[C@@H](CC)C(=O)N(C)[C@H](C)C(=O)N(C)[C@@H]([C@@H](C)OC/C=C/CO)C(=O)N[C@@H](C(C)C)C(=O)N(C)[C@H](CC(C)C)C(=O)N[C@@H](C)C(=O)N[C@@H](C)C(=O)N(C)[C@@H](CC(C)C)C(=O)N(C)[C@H](CC(C)C)C(=O)N(C)[C@@H](C(C)C)C(=O)N1C. The fraction of sp³-hybridized carbons (Fsp3) is 0.769. The first-order valence-corrected chi connectivity index (χ1v) is 31.9. The molecule has 1 rings (SSSR count). The van der Waals surface area contributed by atoms with Gasteiger partial charge in [0.15, 0.2) is 0 Å². The van der Waals surface area contributed by atoms with Crippen molar-refractivity contribution in [1.29, 1.82) is 0 Å². The zero-order chi connectivity index (χ0) is 69.7. The largest absolute Gasteiger partial charge is 0.392 e. The highest BCUT2D eigenvalue weighted by atomic mass is 16.5. The van der Waals surface area contributed by atoms with Crippen LogP contribution < -0.4 is 21.3 Å². The number of likely N-dealkylation sites (N-methyl/N-ethyl adjacent to an activating group) is 7. The summed E-state index contributed by atoms with van der Waals surface area (Å²) in [5, 5.41) is 32.5. The predicted octanol–water partition coefficient (Wildman–Crippen LogP) is 2.56. The molecule has 1 saturated heterocycles. The summed E-state index contributed by atoms with van der Waals surface area (Å²) in [7, 11) is 9.72. The molecule has 0 unspecified atom stereocenters. The Kier molecular flexibility index (Phi) is 34.2. The maximum absolute atomic E-state index is 15.2. The summed E-state index contributed by atoms with van der Waals surface area (Å²) in [5.74, 6) is -10.4. The van der Waals surface area contributed by atoms with Crippen LogP contribution in [-0.2, 0) is 57.5 Å². The molecule has 0 radical (unpaired) electrons. The van der Waals surface area contributed by atoms with Gasteiger partial charge in [0.2, 0.25) is 65.0 Å². The van der Waals surface area contributed by atoms with Crippen molar-refractivity contribution in [3.05, 3.63) is 24.3 Å². The van der Waals surface area contributed by atoms with Gasteiger partial charge in [-0.15, -0.1) is 0 Å². The summed E-state index contributed by atoms with van der Waals surface area (Å²) < 4.78 is 6.01. The lowest BCUT2D eigenvalue weighted by molar-refractivity contribution is -0.157. The molecule has 25 nitrogen and oxygen atoms in total. The molecule has 25 heteroatoms. The van der Waals surface area contributed by atoms with Gasteiger partial charge in [0.05, 0.1) is 25.4 Å². The molecule has 0 aliphatic carbocycles. The van der Waals surface area contributed by atoms with Crippen LogP contribution in [0, 0.1) is 35.5 Å². The summed E-state index contributed by atoms with van der Waals surface area (Å²) in [6.07, 6.45) is 4.52. The van der Waals surface area contributed by atoms with Crippen molar-refractivity contribution in [2.45, 2.75) is 228 Å². The van der Waals surface area contributed by atoms with Gasteiger partial charge >= 0.3 is 0 Å². The van der Waals surface area contributed by atoms with Gasteiger partial charge < -0.3 is 70.5 Å². The standard InChI is InChI=1S/C65H115N11O14/c1-25-27-30-41(13)54(78)53-58(82)68-46(26-2)61(85)70(18)44(16)60(84)75(23)52(45(17)90-32-29-28-31-77)57(81)69-50(39(9)10)64(88)71(19)47(33-36(3)4)56(80)66-42(14)55(79)67-43(15)59(83)72(20)48(34-37(5)6)62(86)73(21)49(35-38(7)8)63(87)74(22)51(40(11)12)65(89)76(53)24/h25,27-29,36-54,77-78H,26,30-35H2,1-24H3,(H,66,80)(H,67,79)(H,68,82)(H,69,81)/b27-25+,29-28+/t41-,42+,43+,44-,45-,46+,47-,48+,49-,50+,51+,52+,53+,54-/m1/s1. The first-order valence-electron chi connectivity index (χ1n) is 31.9. The van der Waals surface area contributed by atoms with Crippen molar-refractivity contribution in [2.24, 2.45) is 35.5 Å². The summed E-state index contributed by atoms with van der Waals surface area (Å²) in [5.41, 5.74) is 0. The number of amides is 11. The Labute approximate surface area is 537 Å². The van der Waals surface area contributed by atoms with Gasteiger partial charge in [-0.05, 0) is 102 Å². The fourth-order valence-electron chi connectivity index (χ4n) is 11.1. The molecule has 0 spiro atoms. The van der Waals surface area contributed by atoms with E-state index in [1.807, 2.05) is 41.5 Å². The highest BCUT2D eigenvalue weighted by Gasteiger charge is 2.46. The van der Waals surface area contributed by atoms with Crippen molar-refractivity contribution in [1.82, 2.24) is 55.6 Å². The van der Waals surface area contributed by atoms with Gasteiger partial charge in [0.1, 0.15) is 66.5 Å². The number of hydrogen-bond donors (Lipinski definition) is 6. The normalized spacial score (nSPS) is 27.3. The zero-order valence-corrected chi connectivity index (χ0v) is 58.7. The number of hydrogen-bond acceptors (Lipinski definition) is 14. The van der Waals surface area contributed by atoms with Crippen LogP contribution in [0.5, 0.6) is 0 Å². The molecule has 0 saturated carbocycles. The average molecular weight is 1270 g/mol. The van der Waals surface area contributed by atoms with Crippen LogP contribution in [0.25, 0.3) is 0 Å². The third-order valence-corrected chi connectivity index (χ3v) is 17.0. The molecule has 0 bridgehead atoms. The average Bonchev–Trinajstić information content (AvgIpc) is 1.38. The van der Waals surface area contributed by atoms with E-state index in [1.54, 1.807) is 60.6 Å². The molecular weight excluding hydrogens is 1160 g/mol. The first kappa shape index (κ1) is 81.5. The second-order valence-electron chi connectivity index (χ2n) is 26.5. The molecule has 0 aromatic carbocycles.